The fourth-order valence-corrected chi connectivity index (χ4v) is 2.54. The molecule has 3 rings (SSSR count). The Morgan fingerprint density at radius 2 is 2.10 bits per heavy atom. The van der Waals surface area contributed by atoms with Gasteiger partial charge in [0, 0.05) is 12.6 Å². The molecular formula is C12H17ClN8. The summed E-state index contributed by atoms with van der Waals surface area (Å²) in [4.78, 5) is 18.7. The van der Waals surface area contributed by atoms with Gasteiger partial charge in [-0.1, -0.05) is 0 Å². The molecule has 0 radical (unpaired) electrons. The van der Waals surface area contributed by atoms with E-state index in [0.29, 0.717) is 17.9 Å². The Bertz CT molecular complexity index is 581. The van der Waals surface area contributed by atoms with Gasteiger partial charge >= 0.3 is 0 Å². The van der Waals surface area contributed by atoms with Crippen molar-refractivity contribution in [3.63, 3.8) is 0 Å². The lowest BCUT2D eigenvalue weighted by atomic mass is 10.3. The Hall–Kier alpha value is -1.80. The minimum absolute atomic E-state index is 0.131. The van der Waals surface area contributed by atoms with Crippen molar-refractivity contribution in [2.24, 2.45) is 0 Å². The van der Waals surface area contributed by atoms with E-state index in [9.17, 15) is 0 Å². The van der Waals surface area contributed by atoms with Gasteiger partial charge in [0.15, 0.2) is 0 Å². The Kier molecular flexibility index (Phi) is 4.26. The SMILES string of the molecule is CC(CNc1nc(Cl)nc(-n2cncn2)n1)N1CCCC1. The maximum absolute atomic E-state index is 5.94. The second-order valence-corrected chi connectivity index (χ2v) is 5.38. The summed E-state index contributed by atoms with van der Waals surface area (Å²) in [5.74, 6) is 0.801. The number of rotatable bonds is 5. The molecule has 2 aromatic rings. The van der Waals surface area contributed by atoms with E-state index in [2.05, 4.69) is 42.2 Å². The van der Waals surface area contributed by atoms with Crippen LogP contribution in [0.5, 0.6) is 0 Å². The molecule has 0 aliphatic carbocycles. The molecule has 0 amide bonds. The van der Waals surface area contributed by atoms with Gasteiger partial charge in [0.25, 0.3) is 5.95 Å². The van der Waals surface area contributed by atoms with Crippen molar-refractivity contribution in [1.82, 2.24) is 34.6 Å². The third-order valence-electron chi connectivity index (χ3n) is 3.54. The Balaban J connectivity index is 1.67. The molecule has 1 N–H and O–H groups in total. The van der Waals surface area contributed by atoms with Crippen LogP contribution in [0.2, 0.25) is 5.28 Å². The summed E-state index contributed by atoms with van der Waals surface area (Å²) in [6.07, 6.45) is 5.49. The monoisotopic (exact) mass is 308 g/mol. The van der Waals surface area contributed by atoms with Crippen LogP contribution in [-0.2, 0) is 0 Å². The van der Waals surface area contributed by atoms with E-state index in [4.69, 9.17) is 11.6 Å². The largest absolute Gasteiger partial charge is 0.352 e. The van der Waals surface area contributed by atoms with E-state index in [0.717, 1.165) is 19.6 Å². The van der Waals surface area contributed by atoms with Crippen LogP contribution < -0.4 is 5.32 Å². The van der Waals surface area contributed by atoms with Gasteiger partial charge in [-0.2, -0.15) is 24.7 Å². The molecule has 2 aromatic heterocycles. The third-order valence-corrected chi connectivity index (χ3v) is 3.71. The average molecular weight is 309 g/mol. The number of halogens is 1. The second-order valence-electron chi connectivity index (χ2n) is 5.04. The molecule has 1 atom stereocenters. The highest BCUT2D eigenvalue weighted by Gasteiger charge is 2.18. The molecule has 0 saturated carbocycles. The summed E-state index contributed by atoms with van der Waals surface area (Å²) in [7, 11) is 0. The maximum Gasteiger partial charge on any atom is 0.258 e. The summed E-state index contributed by atoms with van der Waals surface area (Å²) in [5, 5.41) is 7.33. The molecule has 9 heteroatoms. The predicted molar refractivity (Wildman–Crippen MR) is 78.5 cm³/mol. The van der Waals surface area contributed by atoms with Crippen molar-refractivity contribution < 1.29 is 0 Å². The molecule has 8 nitrogen and oxygen atoms in total. The van der Waals surface area contributed by atoms with Crippen molar-refractivity contribution in [2.45, 2.75) is 25.8 Å². The molecule has 0 bridgehead atoms. The Morgan fingerprint density at radius 1 is 1.29 bits per heavy atom. The Morgan fingerprint density at radius 3 is 2.81 bits per heavy atom. The zero-order valence-corrected chi connectivity index (χ0v) is 12.5. The minimum atomic E-state index is 0.131. The van der Waals surface area contributed by atoms with Crippen molar-refractivity contribution in [2.75, 3.05) is 25.0 Å². The lowest BCUT2D eigenvalue weighted by Crippen LogP contribution is -2.35. The van der Waals surface area contributed by atoms with Crippen LogP contribution >= 0.6 is 11.6 Å². The van der Waals surface area contributed by atoms with Crippen LogP contribution in [-0.4, -0.2) is 60.3 Å². The van der Waals surface area contributed by atoms with Gasteiger partial charge < -0.3 is 5.32 Å². The van der Waals surface area contributed by atoms with Crippen LogP contribution in [0.1, 0.15) is 19.8 Å². The zero-order valence-electron chi connectivity index (χ0n) is 11.8. The number of nitrogens with one attached hydrogen (secondary N) is 1. The third kappa shape index (κ3) is 3.45. The molecule has 0 aromatic carbocycles. The van der Waals surface area contributed by atoms with E-state index in [1.807, 2.05) is 0 Å². The average Bonchev–Trinajstić information content (AvgIpc) is 3.16. The van der Waals surface area contributed by atoms with E-state index >= 15 is 0 Å². The fraction of sp³-hybridized carbons (Fsp3) is 0.583. The lowest BCUT2D eigenvalue weighted by Gasteiger charge is -2.23. The van der Waals surface area contributed by atoms with Crippen LogP contribution in [0, 0.1) is 0 Å². The lowest BCUT2D eigenvalue weighted by molar-refractivity contribution is 0.269. The first-order valence-corrected chi connectivity index (χ1v) is 7.34. The molecule has 1 aliphatic rings. The summed E-state index contributed by atoms with van der Waals surface area (Å²) >= 11 is 5.94. The number of hydrogen-bond donors (Lipinski definition) is 1. The van der Waals surface area contributed by atoms with Crippen molar-refractivity contribution in [3.05, 3.63) is 17.9 Å². The van der Waals surface area contributed by atoms with Gasteiger partial charge in [0.2, 0.25) is 11.2 Å². The topological polar surface area (TPSA) is 84.7 Å². The number of aromatic nitrogens is 6. The summed E-state index contributed by atoms with van der Waals surface area (Å²) < 4.78 is 1.45. The first kappa shape index (κ1) is 14.2. The first-order chi connectivity index (χ1) is 10.2. The zero-order chi connectivity index (χ0) is 14.7. The van der Waals surface area contributed by atoms with Crippen molar-refractivity contribution >= 4 is 17.5 Å². The van der Waals surface area contributed by atoms with Crippen LogP contribution in [0.4, 0.5) is 5.95 Å². The second kappa shape index (κ2) is 6.31. The molecule has 1 unspecified atom stereocenters. The van der Waals surface area contributed by atoms with Gasteiger partial charge in [-0.15, -0.1) is 0 Å². The molecule has 112 valence electrons. The predicted octanol–water partition coefficient (Wildman–Crippen LogP) is 1.00. The molecule has 1 aliphatic heterocycles. The molecule has 1 saturated heterocycles. The number of likely N-dealkylation sites (tertiary alicyclic amines) is 1. The maximum atomic E-state index is 5.94. The first-order valence-electron chi connectivity index (χ1n) is 6.97. The van der Waals surface area contributed by atoms with E-state index in [1.54, 1.807) is 0 Å². The normalized spacial score (nSPS) is 17.0. The van der Waals surface area contributed by atoms with Gasteiger partial charge in [-0.05, 0) is 44.5 Å². The highest BCUT2D eigenvalue weighted by atomic mass is 35.5. The number of nitrogens with zero attached hydrogens (tertiary/aromatic N) is 7. The standard InChI is InChI=1S/C12H17ClN8/c1-9(20-4-2-3-5-20)6-15-11-17-10(13)18-12(19-11)21-8-14-7-16-21/h7-9H,2-6H2,1H3,(H,15,17,18,19). The molecular weight excluding hydrogens is 292 g/mol. The van der Waals surface area contributed by atoms with Gasteiger partial charge in [-0.3, -0.25) is 4.90 Å². The van der Waals surface area contributed by atoms with Gasteiger partial charge in [0.1, 0.15) is 12.7 Å². The van der Waals surface area contributed by atoms with Crippen LogP contribution in [0.25, 0.3) is 5.95 Å². The summed E-state index contributed by atoms with van der Waals surface area (Å²) in [6.45, 7) is 5.27. The molecule has 0 spiro atoms. The quantitative estimate of drug-likeness (QED) is 0.882. The molecule has 1 fully saturated rings. The number of anilines is 1. The summed E-state index contributed by atoms with van der Waals surface area (Å²) in [5.41, 5.74) is 0. The van der Waals surface area contributed by atoms with Gasteiger partial charge in [0.05, 0.1) is 0 Å². The van der Waals surface area contributed by atoms with E-state index < -0.39 is 0 Å². The van der Waals surface area contributed by atoms with Crippen LogP contribution in [0.3, 0.4) is 0 Å². The fourth-order valence-electron chi connectivity index (χ4n) is 2.38. The molecule has 21 heavy (non-hydrogen) atoms. The number of hydrogen-bond acceptors (Lipinski definition) is 7. The highest BCUT2D eigenvalue weighted by Crippen LogP contribution is 2.13. The van der Waals surface area contributed by atoms with Crippen LogP contribution in [0.15, 0.2) is 12.7 Å². The van der Waals surface area contributed by atoms with Crippen molar-refractivity contribution in [1.29, 1.82) is 0 Å². The van der Waals surface area contributed by atoms with E-state index in [-0.39, 0.29) is 5.28 Å². The van der Waals surface area contributed by atoms with E-state index in [1.165, 1.54) is 30.2 Å². The highest BCUT2D eigenvalue weighted by molar-refractivity contribution is 6.28. The summed E-state index contributed by atoms with van der Waals surface area (Å²) in [6, 6.07) is 0.429. The minimum Gasteiger partial charge on any atom is -0.352 e. The smallest absolute Gasteiger partial charge is 0.258 e. The van der Waals surface area contributed by atoms with Crippen molar-refractivity contribution in [3.8, 4) is 5.95 Å². The van der Waals surface area contributed by atoms with Gasteiger partial charge in [-0.25, -0.2) is 4.98 Å². The molecule has 3 heterocycles. The Labute approximate surface area is 127 Å².